The maximum Gasteiger partial charge on any atom is 0.248 e. The summed E-state index contributed by atoms with van der Waals surface area (Å²) in [6.07, 6.45) is -1.38. The van der Waals surface area contributed by atoms with Gasteiger partial charge in [0, 0.05) is 18.8 Å². The van der Waals surface area contributed by atoms with Gasteiger partial charge in [-0.15, -0.1) is 0 Å². The SMILES string of the molecule is OC(c1cccc(Br)n1)C1CC(F)(F)C1. The van der Waals surface area contributed by atoms with Gasteiger partial charge in [0.15, 0.2) is 0 Å². The van der Waals surface area contributed by atoms with E-state index in [-0.39, 0.29) is 18.8 Å². The first-order chi connectivity index (χ1) is 6.98. The normalized spacial score (nSPS) is 22.1. The molecule has 1 saturated carbocycles. The molecule has 2 nitrogen and oxygen atoms in total. The van der Waals surface area contributed by atoms with Crippen molar-refractivity contribution >= 4 is 15.9 Å². The van der Waals surface area contributed by atoms with E-state index >= 15 is 0 Å². The second-order valence-corrected chi connectivity index (χ2v) is 4.67. The van der Waals surface area contributed by atoms with Crippen LogP contribution in [0, 0.1) is 5.92 Å². The average Bonchev–Trinajstić information content (AvgIpc) is 2.13. The number of alkyl halides is 2. The Labute approximate surface area is 94.5 Å². The first-order valence-electron chi connectivity index (χ1n) is 4.66. The van der Waals surface area contributed by atoms with Crippen LogP contribution in [0.4, 0.5) is 8.78 Å². The second-order valence-electron chi connectivity index (χ2n) is 3.85. The third kappa shape index (κ3) is 2.34. The predicted octanol–water partition coefficient (Wildman–Crippen LogP) is 2.92. The number of halogens is 3. The molecular formula is C10H10BrF2NO. The van der Waals surface area contributed by atoms with E-state index < -0.39 is 12.0 Å². The summed E-state index contributed by atoms with van der Waals surface area (Å²) in [5.41, 5.74) is 0.449. The van der Waals surface area contributed by atoms with Crippen molar-refractivity contribution in [3.63, 3.8) is 0 Å². The maximum atomic E-state index is 12.6. The highest BCUT2D eigenvalue weighted by molar-refractivity contribution is 9.10. The zero-order valence-corrected chi connectivity index (χ0v) is 9.42. The lowest BCUT2D eigenvalue weighted by Crippen LogP contribution is -2.38. The fourth-order valence-electron chi connectivity index (χ4n) is 1.76. The molecule has 1 aliphatic carbocycles. The van der Waals surface area contributed by atoms with Crippen LogP contribution in [0.2, 0.25) is 0 Å². The van der Waals surface area contributed by atoms with Crippen molar-refractivity contribution < 1.29 is 13.9 Å². The Morgan fingerprint density at radius 1 is 1.47 bits per heavy atom. The number of aromatic nitrogens is 1. The van der Waals surface area contributed by atoms with Gasteiger partial charge < -0.3 is 5.11 Å². The number of aliphatic hydroxyl groups is 1. The first-order valence-corrected chi connectivity index (χ1v) is 5.45. The zero-order valence-electron chi connectivity index (χ0n) is 7.83. The highest BCUT2D eigenvalue weighted by atomic mass is 79.9. The largest absolute Gasteiger partial charge is 0.387 e. The number of hydrogen-bond acceptors (Lipinski definition) is 2. The summed E-state index contributed by atoms with van der Waals surface area (Å²) in [6.45, 7) is 0. The van der Waals surface area contributed by atoms with Gasteiger partial charge in [-0.3, -0.25) is 0 Å². The van der Waals surface area contributed by atoms with Gasteiger partial charge in [0.1, 0.15) is 4.60 Å². The van der Waals surface area contributed by atoms with Crippen molar-refractivity contribution in [2.45, 2.75) is 24.9 Å². The Bertz CT molecular complexity index is 364. The molecule has 82 valence electrons. The van der Waals surface area contributed by atoms with Gasteiger partial charge in [0.2, 0.25) is 5.92 Å². The van der Waals surface area contributed by atoms with Crippen LogP contribution in [0.25, 0.3) is 0 Å². The molecule has 2 rings (SSSR count). The molecule has 1 aliphatic rings. The molecule has 1 heterocycles. The highest BCUT2D eigenvalue weighted by Crippen LogP contribution is 2.47. The Hall–Kier alpha value is -0.550. The van der Waals surface area contributed by atoms with E-state index in [1.807, 2.05) is 0 Å². The van der Waals surface area contributed by atoms with Crippen LogP contribution in [0.1, 0.15) is 24.6 Å². The highest BCUT2D eigenvalue weighted by Gasteiger charge is 2.48. The van der Waals surface area contributed by atoms with Gasteiger partial charge in [-0.05, 0) is 28.1 Å². The van der Waals surface area contributed by atoms with Crippen LogP contribution in [0.5, 0.6) is 0 Å². The van der Waals surface area contributed by atoms with E-state index in [9.17, 15) is 13.9 Å². The van der Waals surface area contributed by atoms with Crippen LogP contribution in [-0.4, -0.2) is 16.0 Å². The van der Waals surface area contributed by atoms with E-state index in [0.717, 1.165) is 0 Å². The second kappa shape index (κ2) is 3.79. The molecule has 5 heteroatoms. The van der Waals surface area contributed by atoms with E-state index in [2.05, 4.69) is 20.9 Å². The van der Waals surface area contributed by atoms with E-state index in [4.69, 9.17) is 0 Å². The monoisotopic (exact) mass is 277 g/mol. The lowest BCUT2D eigenvalue weighted by molar-refractivity contribution is -0.143. The van der Waals surface area contributed by atoms with Crippen molar-refractivity contribution in [2.24, 2.45) is 5.92 Å². The minimum absolute atomic E-state index is 0.248. The van der Waals surface area contributed by atoms with Gasteiger partial charge >= 0.3 is 0 Å². The van der Waals surface area contributed by atoms with Crippen LogP contribution in [0.3, 0.4) is 0 Å². The quantitative estimate of drug-likeness (QED) is 0.844. The van der Waals surface area contributed by atoms with Gasteiger partial charge in [-0.25, -0.2) is 13.8 Å². The summed E-state index contributed by atoms with van der Waals surface area (Å²) in [5, 5.41) is 9.78. The standard InChI is InChI=1S/C10H10BrF2NO/c11-8-3-1-2-7(14-8)9(15)6-4-10(12,13)5-6/h1-3,6,9,15H,4-5H2. The zero-order chi connectivity index (χ0) is 11.1. The Morgan fingerprint density at radius 2 is 2.13 bits per heavy atom. The molecule has 1 aromatic heterocycles. The first kappa shape index (κ1) is 11.0. The molecule has 1 N–H and O–H groups in total. The van der Waals surface area contributed by atoms with Crippen LogP contribution in [0.15, 0.2) is 22.8 Å². The minimum atomic E-state index is -2.60. The van der Waals surface area contributed by atoms with E-state index in [1.54, 1.807) is 18.2 Å². The van der Waals surface area contributed by atoms with Gasteiger partial charge in [-0.2, -0.15) is 0 Å². The minimum Gasteiger partial charge on any atom is -0.387 e. The molecule has 1 fully saturated rings. The Kier molecular flexibility index (Phi) is 2.77. The molecule has 1 unspecified atom stereocenters. The fraction of sp³-hybridized carbons (Fsp3) is 0.500. The van der Waals surface area contributed by atoms with Crippen molar-refractivity contribution in [1.29, 1.82) is 0 Å². The Morgan fingerprint density at radius 3 is 2.67 bits per heavy atom. The lowest BCUT2D eigenvalue weighted by Gasteiger charge is -2.37. The molecule has 0 aliphatic heterocycles. The number of rotatable bonds is 2. The van der Waals surface area contributed by atoms with Crippen LogP contribution >= 0.6 is 15.9 Å². The lowest BCUT2D eigenvalue weighted by atomic mass is 9.76. The predicted molar refractivity (Wildman–Crippen MR) is 54.6 cm³/mol. The van der Waals surface area contributed by atoms with E-state index in [1.165, 1.54) is 0 Å². The molecule has 0 radical (unpaired) electrons. The van der Waals surface area contributed by atoms with Crippen LogP contribution in [-0.2, 0) is 0 Å². The fourth-order valence-corrected chi connectivity index (χ4v) is 2.12. The van der Waals surface area contributed by atoms with Crippen molar-refractivity contribution in [2.75, 3.05) is 0 Å². The van der Waals surface area contributed by atoms with Gasteiger partial charge in [0.25, 0.3) is 0 Å². The molecule has 0 spiro atoms. The number of aliphatic hydroxyl groups excluding tert-OH is 1. The molecule has 15 heavy (non-hydrogen) atoms. The number of hydrogen-bond donors (Lipinski definition) is 1. The topological polar surface area (TPSA) is 33.1 Å². The summed E-state index contributed by atoms with van der Waals surface area (Å²) < 4.78 is 25.8. The summed E-state index contributed by atoms with van der Waals surface area (Å²) in [5.74, 6) is -2.97. The molecule has 0 aromatic carbocycles. The van der Waals surface area contributed by atoms with Gasteiger partial charge in [-0.1, -0.05) is 6.07 Å². The summed E-state index contributed by atoms with van der Waals surface area (Å²) in [4.78, 5) is 4.05. The smallest absolute Gasteiger partial charge is 0.248 e. The molecule has 1 atom stereocenters. The third-order valence-corrected chi connectivity index (χ3v) is 3.05. The van der Waals surface area contributed by atoms with Gasteiger partial charge in [0.05, 0.1) is 11.8 Å². The Balaban J connectivity index is 2.06. The van der Waals surface area contributed by atoms with Crippen LogP contribution < -0.4 is 0 Å². The summed E-state index contributed by atoms with van der Waals surface area (Å²) in [6, 6.07) is 5.10. The summed E-state index contributed by atoms with van der Waals surface area (Å²) in [7, 11) is 0. The number of nitrogens with zero attached hydrogens (tertiary/aromatic N) is 1. The van der Waals surface area contributed by atoms with Crippen molar-refractivity contribution in [1.82, 2.24) is 4.98 Å². The number of pyridine rings is 1. The average molecular weight is 278 g/mol. The summed E-state index contributed by atoms with van der Waals surface area (Å²) >= 11 is 3.17. The van der Waals surface area contributed by atoms with Crippen molar-refractivity contribution in [3.8, 4) is 0 Å². The van der Waals surface area contributed by atoms with E-state index in [0.29, 0.717) is 10.3 Å². The third-order valence-electron chi connectivity index (χ3n) is 2.61. The molecule has 1 aromatic rings. The molecule has 0 saturated heterocycles. The maximum absolute atomic E-state index is 12.6. The molecular weight excluding hydrogens is 268 g/mol. The molecule has 0 amide bonds. The van der Waals surface area contributed by atoms with Crippen molar-refractivity contribution in [3.05, 3.63) is 28.5 Å². The molecule has 0 bridgehead atoms.